The number of hydrogen-bond donors (Lipinski definition) is 1. The third-order valence-electron chi connectivity index (χ3n) is 6.78. The van der Waals surface area contributed by atoms with Crippen LogP contribution in [0.15, 0.2) is 42.5 Å². The number of aromatic nitrogens is 3. The second-order valence-corrected chi connectivity index (χ2v) is 9.02. The predicted octanol–water partition coefficient (Wildman–Crippen LogP) is 3.49. The van der Waals surface area contributed by atoms with Gasteiger partial charge in [-0.1, -0.05) is 41.9 Å². The standard InChI is InChI=1S/C23H22ClFN6O/c1-29-22(32)19-20(24)30(28-21(19)31-17-6-2-5-16(17)27-23(29)31)12-13-8-10-14(11-9-13)15-4-3-7-18(25)26-15/h3-4,7-11,16-17,23,27H,2,5-6,12H2,1H3/t16-,17+,23?/m1/s1. The summed E-state index contributed by atoms with van der Waals surface area (Å²) < 4.78 is 15.1. The van der Waals surface area contributed by atoms with Gasteiger partial charge in [-0.05, 0) is 37.0 Å². The third kappa shape index (κ3) is 2.93. The number of carbonyl (C=O) groups is 1. The molecule has 0 spiro atoms. The molecule has 1 aromatic carbocycles. The number of benzene rings is 1. The quantitative estimate of drug-likeness (QED) is 0.616. The molecule has 0 radical (unpaired) electrons. The molecule has 0 bridgehead atoms. The van der Waals surface area contributed by atoms with Gasteiger partial charge in [0.2, 0.25) is 5.95 Å². The van der Waals surface area contributed by atoms with E-state index in [1.807, 2.05) is 31.3 Å². The highest BCUT2D eigenvalue weighted by Crippen LogP contribution is 2.42. The van der Waals surface area contributed by atoms with Crippen LogP contribution in [0.5, 0.6) is 0 Å². The van der Waals surface area contributed by atoms with Crippen LogP contribution in [0.4, 0.5) is 10.2 Å². The Balaban J connectivity index is 1.32. The van der Waals surface area contributed by atoms with E-state index < -0.39 is 5.95 Å². The van der Waals surface area contributed by atoms with Crippen molar-refractivity contribution in [1.29, 1.82) is 0 Å². The second kappa shape index (κ2) is 7.28. The third-order valence-corrected chi connectivity index (χ3v) is 7.16. The van der Waals surface area contributed by atoms with Gasteiger partial charge in [-0.25, -0.2) is 9.67 Å². The number of anilines is 1. The number of halogens is 2. The number of carbonyl (C=O) groups excluding carboxylic acids is 1. The maximum Gasteiger partial charge on any atom is 0.263 e. The van der Waals surface area contributed by atoms with E-state index >= 15 is 0 Å². The molecule has 1 saturated carbocycles. The number of rotatable bonds is 3. The molecule has 4 heterocycles. The van der Waals surface area contributed by atoms with Crippen molar-refractivity contribution in [2.45, 2.75) is 44.2 Å². The SMILES string of the molecule is CN1C(=O)c2c(nn(Cc3ccc(-c4cccc(F)n4)cc3)c2Cl)N2C1N[C@@H]1CCC[C@@H]12. The van der Waals surface area contributed by atoms with Gasteiger partial charge in [-0.2, -0.15) is 9.49 Å². The zero-order chi connectivity index (χ0) is 22.0. The Labute approximate surface area is 189 Å². The molecule has 3 aromatic rings. The Bertz CT molecular complexity index is 1210. The average molecular weight is 453 g/mol. The molecule has 1 amide bonds. The van der Waals surface area contributed by atoms with Gasteiger partial charge in [0.15, 0.2) is 12.1 Å². The Morgan fingerprint density at radius 2 is 2.00 bits per heavy atom. The van der Waals surface area contributed by atoms with Crippen LogP contribution >= 0.6 is 11.6 Å². The molecule has 3 aliphatic rings. The smallest absolute Gasteiger partial charge is 0.263 e. The lowest BCUT2D eigenvalue weighted by Crippen LogP contribution is -2.56. The molecule has 1 unspecified atom stereocenters. The number of fused-ring (bicyclic) bond motifs is 5. The molecule has 3 atom stereocenters. The lowest BCUT2D eigenvalue weighted by atomic mass is 10.1. The van der Waals surface area contributed by atoms with Gasteiger partial charge in [0.25, 0.3) is 5.91 Å². The van der Waals surface area contributed by atoms with Crippen LogP contribution in [0.25, 0.3) is 11.3 Å². The van der Waals surface area contributed by atoms with Crippen molar-refractivity contribution in [1.82, 2.24) is 25.0 Å². The Kier molecular flexibility index (Phi) is 4.48. The highest BCUT2D eigenvalue weighted by atomic mass is 35.5. The Hall–Kier alpha value is -2.97. The van der Waals surface area contributed by atoms with Gasteiger partial charge in [-0.3, -0.25) is 10.1 Å². The minimum atomic E-state index is -0.505. The molecule has 9 heteroatoms. The van der Waals surface area contributed by atoms with Crippen molar-refractivity contribution in [2.75, 3.05) is 11.9 Å². The molecule has 1 N–H and O–H groups in total. The van der Waals surface area contributed by atoms with E-state index in [9.17, 15) is 9.18 Å². The molecule has 2 aromatic heterocycles. The fourth-order valence-electron chi connectivity index (χ4n) is 5.20. The van der Waals surface area contributed by atoms with E-state index in [1.54, 1.807) is 21.7 Å². The van der Waals surface area contributed by atoms with Crippen molar-refractivity contribution in [3.63, 3.8) is 0 Å². The van der Waals surface area contributed by atoms with Crippen LogP contribution in [0, 0.1) is 5.95 Å². The predicted molar refractivity (Wildman–Crippen MR) is 119 cm³/mol. The molecular formula is C23H22ClFN6O. The summed E-state index contributed by atoms with van der Waals surface area (Å²) in [4.78, 5) is 21.0. The normalized spacial score (nSPS) is 24.0. The molecule has 164 valence electrons. The zero-order valence-corrected chi connectivity index (χ0v) is 18.3. The Morgan fingerprint density at radius 1 is 1.19 bits per heavy atom. The van der Waals surface area contributed by atoms with Crippen LogP contribution in [0.2, 0.25) is 5.15 Å². The summed E-state index contributed by atoms with van der Waals surface area (Å²) in [5, 5.41) is 8.73. The molecule has 7 nitrogen and oxygen atoms in total. The molecular weight excluding hydrogens is 431 g/mol. The summed E-state index contributed by atoms with van der Waals surface area (Å²) >= 11 is 6.68. The van der Waals surface area contributed by atoms with Crippen molar-refractivity contribution in [3.8, 4) is 11.3 Å². The zero-order valence-electron chi connectivity index (χ0n) is 17.5. The van der Waals surface area contributed by atoms with Crippen LogP contribution < -0.4 is 10.2 Å². The average Bonchev–Trinajstić information content (AvgIpc) is 3.46. The molecule has 1 aliphatic carbocycles. The number of pyridine rings is 1. The van der Waals surface area contributed by atoms with E-state index in [4.69, 9.17) is 16.7 Å². The van der Waals surface area contributed by atoms with Gasteiger partial charge in [0, 0.05) is 24.7 Å². The first kappa shape index (κ1) is 19.7. The highest BCUT2D eigenvalue weighted by Gasteiger charge is 2.51. The number of nitrogens with one attached hydrogen (secondary N) is 1. The van der Waals surface area contributed by atoms with E-state index in [0.29, 0.717) is 40.9 Å². The minimum absolute atomic E-state index is 0.113. The Morgan fingerprint density at radius 3 is 2.78 bits per heavy atom. The summed E-state index contributed by atoms with van der Waals surface area (Å²) in [6, 6.07) is 13.1. The first-order valence-electron chi connectivity index (χ1n) is 10.8. The lowest BCUT2D eigenvalue weighted by Gasteiger charge is -2.39. The summed E-state index contributed by atoms with van der Waals surface area (Å²) in [5.74, 6) is 0.0532. The summed E-state index contributed by atoms with van der Waals surface area (Å²) in [6.07, 6.45) is 3.17. The van der Waals surface area contributed by atoms with E-state index in [-0.39, 0.29) is 12.2 Å². The maximum atomic E-state index is 13.4. The van der Waals surface area contributed by atoms with Gasteiger partial charge in [-0.15, -0.1) is 0 Å². The molecule has 32 heavy (non-hydrogen) atoms. The summed E-state index contributed by atoms with van der Waals surface area (Å²) in [6.45, 7) is 0.430. The monoisotopic (exact) mass is 452 g/mol. The van der Waals surface area contributed by atoms with E-state index in [2.05, 4.69) is 15.2 Å². The van der Waals surface area contributed by atoms with Gasteiger partial charge in [0.05, 0.1) is 12.2 Å². The summed E-state index contributed by atoms with van der Waals surface area (Å²) in [7, 11) is 1.81. The first-order chi connectivity index (χ1) is 15.5. The van der Waals surface area contributed by atoms with Gasteiger partial charge in [0.1, 0.15) is 10.7 Å². The van der Waals surface area contributed by atoms with Crippen molar-refractivity contribution in [2.24, 2.45) is 0 Å². The highest BCUT2D eigenvalue weighted by molar-refractivity contribution is 6.33. The molecule has 2 fully saturated rings. The largest absolute Gasteiger partial charge is 0.317 e. The van der Waals surface area contributed by atoms with Gasteiger partial charge < -0.3 is 9.80 Å². The van der Waals surface area contributed by atoms with Crippen molar-refractivity contribution >= 4 is 23.3 Å². The lowest BCUT2D eigenvalue weighted by molar-refractivity contribution is 0.0695. The molecule has 1 saturated heterocycles. The van der Waals surface area contributed by atoms with E-state index in [1.165, 1.54) is 12.5 Å². The summed E-state index contributed by atoms with van der Waals surface area (Å²) in [5.41, 5.74) is 2.86. The fraction of sp³-hybridized carbons (Fsp3) is 0.348. The van der Waals surface area contributed by atoms with Crippen LogP contribution in [-0.2, 0) is 6.54 Å². The minimum Gasteiger partial charge on any atom is -0.317 e. The van der Waals surface area contributed by atoms with Crippen LogP contribution in [-0.4, -0.2) is 51.0 Å². The number of amides is 1. The first-order valence-corrected chi connectivity index (χ1v) is 11.2. The van der Waals surface area contributed by atoms with Crippen LogP contribution in [0.3, 0.4) is 0 Å². The van der Waals surface area contributed by atoms with Crippen molar-refractivity contribution < 1.29 is 9.18 Å². The molecule has 2 aliphatic heterocycles. The number of nitrogens with zero attached hydrogens (tertiary/aromatic N) is 5. The maximum absolute atomic E-state index is 13.4. The molecule has 6 rings (SSSR count). The fourth-order valence-corrected chi connectivity index (χ4v) is 5.46. The topological polar surface area (TPSA) is 66.3 Å². The number of hydrogen-bond acceptors (Lipinski definition) is 5. The second-order valence-electron chi connectivity index (χ2n) is 8.66. The van der Waals surface area contributed by atoms with Crippen LogP contribution in [0.1, 0.15) is 35.2 Å². The van der Waals surface area contributed by atoms with Crippen molar-refractivity contribution in [3.05, 3.63) is 64.7 Å². The van der Waals surface area contributed by atoms with Gasteiger partial charge >= 0.3 is 0 Å². The van der Waals surface area contributed by atoms with E-state index in [0.717, 1.165) is 24.0 Å².